The molecule has 0 aliphatic heterocycles. The van der Waals surface area contributed by atoms with E-state index in [4.69, 9.17) is 9.47 Å². The third kappa shape index (κ3) is 3.55. The number of aromatic amines is 1. The predicted octanol–water partition coefficient (Wildman–Crippen LogP) is 4.73. The van der Waals surface area contributed by atoms with Crippen LogP contribution in [0.15, 0.2) is 36.4 Å². The molecular formula is C21H21N3O2. The van der Waals surface area contributed by atoms with E-state index >= 15 is 0 Å². The standard InChI is InChI=1S/C21H21N3O2/c1-13(2)26-20-15(6-5-7-19(20)25-4)11-16(12-22)21-23-17-9-8-14(3)10-18(17)24-21/h5-11,13H,1-4H3,(H,23,24). The molecule has 132 valence electrons. The van der Waals surface area contributed by atoms with Crippen LogP contribution in [0.25, 0.3) is 22.7 Å². The van der Waals surface area contributed by atoms with Crippen molar-refractivity contribution in [1.29, 1.82) is 5.26 Å². The van der Waals surface area contributed by atoms with Crippen molar-refractivity contribution in [1.82, 2.24) is 9.97 Å². The van der Waals surface area contributed by atoms with Crippen LogP contribution < -0.4 is 9.47 Å². The van der Waals surface area contributed by atoms with Crippen LogP contribution in [0.5, 0.6) is 11.5 Å². The lowest BCUT2D eigenvalue weighted by Gasteiger charge is -2.16. The highest BCUT2D eigenvalue weighted by Gasteiger charge is 2.14. The number of nitrogens with one attached hydrogen (secondary N) is 1. The first-order valence-corrected chi connectivity index (χ1v) is 8.44. The molecule has 0 unspecified atom stereocenters. The van der Waals surface area contributed by atoms with Crippen molar-refractivity contribution >= 4 is 22.7 Å². The van der Waals surface area contributed by atoms with E-state index in [1.54, 1.807) is 13.2 Å². The molecule has 26 heavy (non-hydrogen) atoms. The van der Waals surface area contributed by atoms with Crippen molar-refractivity contribution in [2.24, 2.45) is 0 Å². The summed E-state index contributed by atoms with van der Waals surface area (Å²) in [6.07, 6.45) is 1.75. The second kappa shape index (κ2) is 7.32. The molecule has 0 radical (unpaired) electrons. The molecule has 0 spiro atoms. The maximum atomic E-state index is 9.67. The average Bonchev–Trinajstić information content (AvgIpc) is 3.03. The summed E-state index contributed by atoms with van der Waals surface area (Å²) in [5, 5.41) is 9.67. The Labute approximate surface area is 152 Å². The minimum atomic E-state index is -0.0156. The quantitative estimate of drug-likeness (QED) is 0.677. The first-order valence-electron chi connectivity index (χ1n) is 8.44. The number of methoxy groups -OCH3 is 1. The SMILES string of the molecule is COc1cccc(C=C(C#N)c2nc3ccc(C)cc3[nH]2)c1OC(C)C. The number of imidazole rings is 1. The number of H-pyrrole nitrogens is 1. The Balaban J connectivity index is 2.10. The van der Waals surface area contributed by atoms with Crippen LogP contribution in [-0.2, 0) is 0 Å². The zero-order valence-electron chi connectivity index (χ0n) is 15.3. The van der Waals surface area contributed by atoms with Gasteiger partial charge in [0.05, 0.1) is 29.8 Å². The number of ether oxygens (including phenoxy) is 2. The number of hydrogen-bond donors (Lipinski definition) is 1. The fourth-order valence-electron chi connectivity index (χ4n) is 2.73. The highest BCUT2D eigenvalue weighted by atomic mass is 16.5. The molecule has 0 atom stereocenters. The zero-order valence-corrected chi connectivity index (χ0v) is 15.3. The molecule has 1 heterocycles. The Morgan fingerprint density at radius 2 is 2.08 bits per heavy atom. The Hall–Kier alpha value is -3.26. The number of nitrogens with zero attached hydrogens (tertiary/aromatic N) is 2. The number of nitriles is 1. The molecule has 3 rings (SSSR count). The van der Waals surface area contributed by atoms with Crippen LogP contribution in [-0.4, -0.2) is 23.2 Å². The lowest BCUT2D eigenvalue weighted by atomic mass is 10.1. The molecule has 0 aliphatic carbocycles. The van der Waals surface area contributed by atoms with Gasteiger partial charge in [0.15, 0.2) is 11.5 Å². The molecule has 5 heteroatoms. The van der Waals surface area contributed by atoms with Crippen molar-refractivity contribution < 1.29 is 9.47 Å². The van der Waals surface area contributed by atoms with Crippen LogP contribution in [0, 0.1) is 18.3 Å². The van der Waals surface area contributed by atoms with Gasteiger partial charge >= 0.3 is 0 Å². The summed E-state index contributed by atoms with van der Waals surface area (Å²) < 4.78 is 11.3. The summed E-state index contributed by atoms with van der Waals surface area (Å²) >= 11 is 0. The monoisotopic (exact) mass is 347 g/mol. The highest BCUT2D eigenvalue weighted by molar-refractivity contribution is 5.91. The highest BCUT2D eigenvalue weighted by Crippen LogP contribution is 2.34. The first-order chi connectivity index (χ1) is 12.5. The van der Waals surface area contributed by atoms with E-state index < -0.39 is 0 Å². The number of fused-ring (bicyclic) bond motifs is 1. The van der Waals surface area contributed by atoms with Gasteiger partial charge in [-0.25, -0.2) is 4.98 Å². The molecule has 0 bridgehead atoms. The van der Waals surface area contributed by atoms with Crippen molar-refractivity contribution in [3.8, 4) is 17.6 Å². The summed E-state index contributed by atoms with van der Waals surface area (Å²) in [7, 11) is 1.60. The lowest BCUT2D eigenvalue weighted by Crippen LogP contribution is -2.08. The molecule has 1 aromatic heterocycles. The van der Waals surface area contributed by atoms with Gasteiger partial charge in [0.2, 0.25) is 0 Å². The van der Waals surface area contributed by atoms with Gasteiger partial charge < -0.3 is 14.5 Å². The molecule has 0 amide bonds. The minimum absolute atomic E-state index is 0.0156. The molecule has 0 fully saturated rings. The normalized spacial score (nSPS) is 11.6. The number of para-hydroxylation sites is 1. The van der Waals surface area contributed by atoms with Crippen molar-refractivity contribution in [2.75, 3.05) is 7.11 Å². The van der Waals surface area contributed by atoms with Gasteiger partial charge in [0.25, 0.3) is 0 Å². The Kier molecular flexibility index (Phi) is 4.94. The van der Waals surface area contributed by atoms with Crippen molar-refractivity contribution in [3.05, 3.63) is 53.3 Å². The molecule has 0 saturated heterocycles. The fraction of sp³-hybridized carbons (Fsp3) is 0.238. The van der Waals surface area contributed by atoms with Crippen molar-refractivity contribution in [2.45, 2.75) is 26.9 Å². The molecule has 0 aliphatic rings. The van der Waals surface area contributed by atoms with E-state index in [0.717, 1.165) is 22.2 Å². The van der Waals surface area contributed by atoms with Crippen LogP contribution in [0.2, 0.25) is 0 Å². The number of hydrogen-bond acceptors (Lipinski definition) is 4. The number of aromatic nitrogens is 2. The summed E-state index contributed by atoms with van der Waals surface area (Å²) in [5.41, 5.74) is 4.07. The number of benzene rings is 2. The Bertz CT molecular complexity index is 1010. The average molecular weight is 347 g/mol. The molecule has 0 saturated carbocycles. The summed E-state index contributed by atoms with van der Waals surface area (Å²) in [5.74, 6) is 1.78. The number of allylic oxidation sites excluding steroid dienone is 1. The van der Waals surface area contributed by atoms with E-state index in [-0.39, 0.29) is 6.10 Å². The second-order valence-corrected chi connectivity index (χ2v) is 6.32. The van der Waals surface area contributed by atoms with Crippen LogP contribution in [0.1, 0.15) is 30.8 Å². The fourth-order valence-corrected chi connectivity index (χ4v) is 2.73. The summed E-state index contributed by atoms with van der Waals surface area (Å²) in [4.78, 5) is 7.76. The maximum Gasteiger partial charge on any atom is 0.168 e. The molecule has 1 N–H and O–H groups in total. The van der Waals surface area contributed by atoms with E-state index in [1.165, 1.54) is 0 Å². The number of aryl methyl sites for hydroxylation is 1. The topological polar surface area (TPSA) is 70.9 Å². The molecule has 2 aromatic carbocycles. The van der Waals surface area contributed by atoms with Gasteiger partial charge in [-0.2, -0.15) is 5.26 Å². The largest absolute Gasteiger partial charge is 0.493 e. The summed E-state index contributed by atoms with van der Waals surface area (Å²) in [6, 6.07) is 13.8. The molecular weight excluding hydrogens is 326 g/mol. The maximum absolute atomic E-state index is 9.67. The van der Waals surface area contributed by atoms with E-state index in [9.17, 15) is 5.26 Å². The summed E-state index contributed by atoms with van der Waals surface area (Å²) in [6.45, 7) is 5.92. The third-order valence-corrected chi connectivity index (χ3v) is 3.90. The van der Waals surface area contributed by atoms with Gasteiger partial charge in [-0.15, -0.1) is 0 Å². The Morgan fingerprint density at radius 1 is 1.27 bits per heavy atom. The van der Waals surface area contributed by atoms with Gasteiger partial charge in [0.1, 0.15) is 11.9 Å². The molecule has 3 aromatic rings. The van der Waals surface area contributed by atoms with Gasteiger partial charge in [0, 0.05) is 5.56 Å². The Morgan fingerprint density at radius 3 is 2.77 bits per heavy atom. The van der Waals surface area contributed by atoms with Gasteiger partial charge in [-0.3, -0.25) is 0 Å². The number of rotatable bonds is 5. The smallest absolute Gasteiger partial charge is 0.168 e. The second-order valence-electron chi connectivity index (χ2n) is 6.32. The van der Waals surface area contributed by atoms with Crippen molar-refractivity contribution in [3.63, 3.8) is 0 Å². The van der Waals surface area contributed by atoms with Gasteiger partial charge in [-0.1, -0.05) is 18.2 Å². The van der Waals surface area contributed by atoms with E-state index in [1.807, 2.05) is 57.2 Å². The predicted molar refractivity (Wildman–Crippen MR) is 103 cm³/mol. The first kappa shape index (κ1) is 17.6. The third-order valence-electron chi connectivity index (χ3n) is 3.90. The van der Waals surface area contributed by atoms with E-state index in [2.05, 4.69) is 16.0 Å². The van der Waals surface area contributed by atoms with Crippen LogP contribution in [0.3, 0.4) is 0 Å². The molecule has 5 nitrogen and oxygen atoms in total. The zero-order chi connectivity index (χ0) is 18.7. The van der Waals surface area contributed by atoms with Gasteiger partial charge in [-0.05, 0) is 50.6 Å². The van der Waals surface area contributed by atoms with Crippen LogP contribution in [0.4, 0.5) is 0 Å². The van der Waals surface area contributed by atoms with E-state index in [0.29, 0.717) is 22.9 Å². The minimum Gasteiger partial charge on any atom is -0.493 e. The van der Waals surface area contributed by atoms with Crippen LogP contribution >= 0.6 is 0 Å². The lowest BCUT2D eigenvalue weighted by molar-refractivity contribution is 0.229.